The molecule has 1 aliphatic heterocycles. The molecule has 0 radical (unpaired) electrons. The van der Waals surface area contributed by atoms with Crippen LogP contribution in [0.1, 0.15) is 6.92 Å². The monoisotopic (exact) mass is 146 g/mol. The molecule has 1 saturated heterocycles. The van der Waals surface area contributed by atoms with E-state index in [4.69, 9.17) is 9.84 Å². The van der Waals surface area contributed by atoms with E-state index in [9.17, 15) is 4.79 Å². The number of esters is 1. The van der Waals surface area contributed by atoms with Gasteiger partial charge < -0.3 is 14.6 Å². The number of cyclic esters (lactones) is 1. The summed E-state index contributed by atoms with van der Waals surface area (Å²) >= 11 is 0. The van der Waals surface area contributed by atoms with Gasteiger partial charge in [-0.1, -0.05) is 0 Å². The topological polar surface area (TPSA) is 55.8 Å². The third-order valence-corrected chi connectivity index (χ3v) is 1.41. The molecular formula is C6H10O4. The number of ether oxygens (including phenoxy) is 2. The molecule has 4 nitrogen and oxygen atoms in total. The molecule has 1 heterocycles. The zero-order chi connectivity index (χ0) is 7.61. The van der Waals surface area contributed by atoms with E-state index in [1.165, 1.54) is 0 Å². The Morgan fingerprint density at radius 2 is 2.50 bits per heavy atom. The highest BCUT2D eigenvalue weighted by Crippen LogP contribution is 2.14. The standard InChI is InChI=1S/C6H10O4/c1-6(3-7)4-9-5(8)2-10-6/h7H,2-4H2,1H3. The quantitative estimate of drug-likeness (QED) is 0.497. The van der Waals surface area contributed by atoms with Gasteiger partial charge in [0, 0.05) is 0 Å². The first-order chi connectivity index (χ1) is 4.66. The molecule has 0 aromatic rings. The molecule has 58 valence electrons. The summed E-state index contributed by atoms with van der Waals surface area (Å²) in [5.74, 6) is -0.370. The van der Waals surface area contributed by atoms with E-state index in [1.807, 2.05) is 0 Å². The van der Waals surface area contributed by atoms with Crippen LogP contribution in [0, 0.1) is 0 Å². The Hall–Kier alpha value is -0.610. The Labute approximate surface area is 58.7 Å². The second-order valence-electron chi connectivity index (χ2n) is 2.56. The molecule has 1 fully saturated rings. The number of carbonyl (C=O) groups excluding carboxylic acids is 1. The van der Waals surface area contributed by atoms with Crippen molar-refractivity contribution in [1.29, 1.82) is 0 Å². The molecule has 1 rings (SSSR count). The van der Waals surface area contributed by atoms with Gasteiger partial charge >= 0.3 is 5.97 Å². The summed E-state index contributed by atoms with van der Waals surface area (Å²) in [6.45, 7) is 1.65. The van der Waals surface area contributed by atoms with E-state index in [-0.39, 0.29) is 25.8 Å². The average molecular weight is 146 g/mol. The summed E-state index contributed by atoms with van der Waals surface area (Å²) in [5, 5.41) is 8.72. The summed E-state index contributed by atoms with van der Waals surface area (Å²) in [7, 11) is 0. The van der Waals surface area contributed by atoms with E-state index in [2.05, 4.69) is 4.74 Å². The minimum absolute atomic E-state index is 0.0585. The molecule has 0 spiro atoms. The minimum Gasteiger partial charge on any atom is -0.461 e. The van der Waals surface area contributed by atoms with E-state index >= 15 is 0 Å². The number of carbonyl (C=O) groups is 1. The van der Waals surface area contributed by atoms with E-state index in [0.29, 0.717) is 0 Å². The fourth-order valence-corrected chi connectivity index (χ4v) is 0.641. The maximum absolute atomic E-state index is 10.4. The summed E-state index contributed by atoms with van der Waals surface area (Å²) < 4.78 is 9.66. The molecule has 10 heavy (non-hydrogen) atoms. The van der Waals surface area contributed by atoms with Gasteiger partial charge in [-0.3, -0.25) is 0 Å². The normalized spacial score (nSPS) is 33.6. The van der Waals surface area contributed by atoms with Crippen molar-refractivity contribution in [1.82, 2.24) is 0 Å². The zero-order valence-electron chi connectivity index (χ0n) is 5.79. The number of aliphatic hydroxyl groups excluding tert-OH is 1. The number of hydrogen-bond acceptors (Lipinski definition) is 4. The van der Waals surface area contributed by atoms with Gasteiger partial charge in [-0.2, -0.15) is 0 Å². The molecule has 1 N–H and O–H groups in total. The molecule has 4 heteroatoms. The van der Waals surface area contributed by atoms with Gasteiger partial charge in [0.1, 0.15) is 18.8 Å². The van der Waals surface area contributed by atoms with Crippen molar-refractivity contribution in [3.05, 3.63) is 0 Å². The molecular weight excluding hydrogens is 136 g/mol. The van der Waals surface area contributed by atoms with Crippen LogP contribution in [0.3, 0.4) is 0 Å². The second kappa shape index (κ2) is 2.56. The first-order valence-electron chi connectivity index (χ1n) is 3.07. The molecule has 0 amide bonds. The number of rotatable bonds is 1. The highest BCUT2D eigenvalue weighted by atomic mass is 16.6. The summed E-state index contributed by atoms with van der Waals surface area (Å²) in [5.41, 5.74) is -0.687. The van der Waals surface area contributed by atoms with E-state index in [0.717, 1.165) is 0 Å². The summed E-state index contributed by atoms with van der Waals surface area (Å²) in [6.07, 6.45) is 0. The maximum atomic E-state index is 10.4. The molecule has 0 aliphatic carbocycles. The highest BCUT2D eigenvalue weighted by Gasteiger charge is 2.31. The molecule has 1 atom stereocenters. The summed E-state index contributed by atoms with van der Waals surface area (Å²) in [6, 6.07) is 0. The average Bonchev–Trinajstić information content (AvgIpc) is 1.96. The van der Waals surface area contributed by atoms with Gasteiger partial charge in [-0.05, 0) is 6.92 Å². The SMILES string of the molecule is CC1(CO)COC(=O)CO1. The smallest absolute Gasteiger partial charge is 0.332 e. The zero-order valence-corrected chi connectivity index (χ0v) is 5.79. The van der Waals surface area contributed by atoms with Crippen molar-refractivity contribution in [2.24, 2.45) is 0 Å². The largest absolute Gasteiger partial charge is 0.461 e. The lowest BCUT2D eigenvalue weighted by Gasteiger charge is -2.30. The third-order valence-electron chi connectivity index (χ3n) is 1.41. The molecule has 0 aromatic heterocycles. The van der Waals surface area contributed by atoms with Crippen molar-refractivity contribution < 1.29 is 19.4 Å². The van der Waals surface area contributed by atoms with Crippen molar-refractivity contribution in [3.8, 4) is 0 Å². The number of aliphatic hydroxyl groups is 1. The fraction of sp³-hybridized carbons (Fsp3) is 0.833. The lowest BCUT2D eigenvalue weighted by atomic mass is 10.1. The van der Waals surface area contributed by atoms with Crippen molar-refractivity contribution >= 4 is 5.97 Å². The van der Waals surface area contributed by atoms with Crippen LogP contribution in [-0.2, 0) is 14.3 Å². The van der Waals surface area contributed by atoms with Crippen molar-refractivity contribution in [2.45, 2.75) is 12.5 Å². The predicted molar refractivity (Wildman–Crippen MR) is 32.4 cm³/mol. The van der Waals surface area contributed by atoms with Crippen molar-refractivity contribution in [3.63, 3.8) is 0 Å². The molecule has 0 aromatic carbocycles. The first-order valence-corrected chi connectivity index (χ1v) is 3.07. The first kappa shape index (κ1) is 7.50. The second-order valence-corrected chi connectivity index (χ2v) is 2.56. The van der Waals surface area contributed by atoms with Crippen LogP contribution in [-0.4, -0.2) is 36.5 Å². The Bertz CT molecular complexity index is 133. The van der Waals surface area contributed by atoms with Crippen LogP contribution < -0.4 is 0 Å². The highest BCUT2D eigenvalue weighted by molar-refractivity contribution is 5.71. The molecule has 1 aliphatic rings. The molecule has 1 unspecified atom stereocenters. The third kappa shape index (κ3) is 1.46. The van der Waals surface area contributed by atoms with E-state index < -0.39 is 5.60 Å². The van der Waals surface area contributed by atoms with Crippen LogP contribution in [0.2, 0.25) is 0 Å². The number of hydrogen-bond donors (Lipinski definition) is 1. The van der Waals surface area contributed by atoms with Crippen LogP contribution in [0.15, 0.2) is 0 Å². The Kier molecular flexibility index (Phi) is 1.92. The lowest BCUT2D eigenvalue weighted by Crippen LogP contribution is -2.45. The lowest BCUT2D eigenvalue weighted by molar-refractivity contribution is -0.190. The predicted octanol–water partition coefficient (Wildman–Crippen LogP) is -0.689. The van der Waals surface area contributed by atoms with Crippen LogP contribution in [0.25, 0.3) is 0 Å². The fourth-order valence-electron chi connectivity index (χ4n) is 0.641. The van der Waals surface area contributed by atoms with Gasteiger partial charge in [0.25, 0.3) is 0 Å². The Morgan fingerprint density at radius 1 is 1.80 bits per heavy atom. The van der Waals surface area contributed by atoms with Gasteiger partial charge in [0.15, 0.2) is 0 Å². The van der Waals surface area contributed by atoms with Gasteiger partial charge in [0.05, 0.1) is 6.61 Å². The van der Waals surface area contributed by atoms with Gasteiger partial charge in [0.2, 0.25) is 0 Å². The van der Waals surface area contributed by atoms with Gasteiger partial charge in [-0.25, -0.2) is 4.79 Å². The Morgan fingerprint density at radius 3 is 2.90 bits per heavy atom. The maximum Gasteiger partial charge on any atom is 0.332 e. The van der Waals surface area contributed by atoms with E-state index in [1.54, 1.807) is 6.92 Å². The van der Waals surface area contributed by atoms with Crippen LogP contribution in [0.5, 0.6) is 0 Å². The molecule has 0 bridgehead atoms. The van der Waals surface area contributed by atoms with Crippen molar-refractivity contribution in [2.75, 3.05) is 19.8 Å². The Balaban J connectivity index is 2.46. The summed E-state index contributed by atoms with van der Waals surface area (Å²) in [4.78, 5) is 10.4. The van der Waals surface area contributed by atoms with Crippen LogP contribution >= 0.6 is 0 Å². The minimum atomic E-state index is -0.687. The van der Waals surface area contributed by atoms with Crippen LogP contribution in [0.4, 0.5) is 0 Å². The van der Waals surface area contributed by atoms with Gasteiger partial charge in [-0.15, -0.1) is 0 Å². The molecule has 0 saturated carbocycles.